The Morgan fingerprint density at radius 1 is 0.543 bits per heavy atom. The average Bonchev–Trinajstić information content (AvgIpc) is 2.85. The van der Waals surface area contributed by atoms with E-state index in [1.54, 1.807) is 0 Å². The van der Waals surface area contributed by atoms with Crippen molar-refractivity contribution >= 4 is 0 Å². The van der Waals surface area contributed by atoms with Gasteiger partial charge < -0.3 is 10.2 Å². The molecule has 0 aromatic rings. The Morgan fingerprint density at radius 3 is 1.54 bits per heavy atom. The van der Waals surface area contributed by atoms with E-state index in [0.717, 1.165) is 12.5 Å². The fourth-order valence-electron chi connectivity index (χ4n) is 4.78. The predicted molar refractivity (Wildman–Crippen MR) is 162 cm³/mol. The van der Waals surface area contributed by atoms with E-state index >= 15 is 0 Å². The minimum Gasteiger partial charge on any atom is -0.314 e. The van der Waals surface area contributed by atoms with E-state index in [1.165, 1.54) is 148 Å². The van der Waals surface area contributed by atoms with E-state index < -0.39 is 0 Å². The highest BCUT2D eigenvalue weighted by Crippen LogP contribution is 2.15. The van der Waals surface area contributed by atoms with Crippen LogP contribution >= 0.6 is 0 Å². The third-order valence-corrected chi connectivity index (χ3v) is 7.12. The molecule has 2 nitrogen and oxygen atoms in total. The van der Waals surface area contributed by atoms with Crippen LogP contribution in [0.5, 0.6) is 0 Å². The van der Waals surface area contributed by atoms with Gasteiger partial charge in [-0.05, 0) is 78.6 Å². The van der Waals surface area contributed by atoms with Crippen LogP contribution in [0.4, 0.5) is 0 Å². The highest BCUT2D eigenvalue weighted by Gasteiger charge is 2.08. The minimum absolute atomic E-state index is 0.749. The van der Waals surface area contributed by atoms with Crippen LogP contribution in [0.3, 0.4) is 0 Å². The normalized spacial score (nSPS) is 13.1. The van der Waals surface area contributed by atoms with Crippen molar-refractivity contribution in [3.05, 3.63) is 24.3 Å². The summed E-state index contributed by atoms with van der Waals surface area (Å²) in [6.07, 6.45) is 39.6. The summed E-state index contributed by atoms with van der Waals surface area (Å²) in [4.78, 5) is 2.30. The molecule has 0 fully saturated rings. The number of hydrogen-bond acceptors (Lipinski definition) is 2. The molecule has 0 radical (unpaired) electrons. The molecule has 0 heterocycles. The van der Waals surface area contributed by atoms with Gasteiger partial charge in [0, 0.05) is 6.04 Å². The lowest BCUT2D eigenvalue weighted by Crippen LogP contribution is -2.31. The SMILES string of the molecule is CCCCC/C=C\C/C=C\CCCCCCCCC(CCCCCCCCC)NCCCN(C)C. The number of allylic oxidation sites excluding steroid dienone is 4. The van der Waals surface area contributed by atoms with Gasteiger partial charge >= 0.3 is 0 Å². The molecule has 208 valence electrons. The summed E-state index contributed by atoms with van der Waals surface area (Å²) in [5.41, 5.74) is 0. The van der Waals surface area contributed by atoms with Crippen molar-refractivity contribution in [3.63, 3.8) is 0 Å². The summed E-state index contributed by atoms with van der Waals surface area (Å²) < 4.78 is 0. The largest absolute Gasteiger partial charge is 0.314 e. The Balaban J connectivity index is 3.75. The maximum absolute atomic E-state index is 3.90. The quantitative estimate of drug-likeness (QED) is 0.0866. The Kier molecular flexibility index (Phi) is 29.1. The lowest BCUT2D eigenvalue weighted by molar-refractivity contribution is 0.368. The molecule has 1 unspecified atom stereocenters. The number of hydrogen-bond donors (Lipinski definition) is 1. The molecule has 1 atom stereocenters. The van der Waals surface area contributed by atoms with E-state index in [0.29, 0.717) is 0 Å². The number of nitrogens with zero attached hydrogens (tertiary/aromatic N) is 1. The molecule has 0 saturated heterocycles. The monoisotopic (exact) mass is 491 g/mol. The molecule has 0 aromatic carbocycles. The first-order chi connectivity index (χ1) is 17.2. The van der Waals surface area contributed by atoms with E-state index in [1.807, 2.05) is 0 Å². The lowest BCUT2D eigenvalue weighted by atomic mass is 9.99. The lowest BCUT2D eigenvalue weighted by Gasteiger charge is -2.20. The van der Waals surface area contributed by atoms with Crippen LogP contribution in [0.15, 0.2) is 24.3 Å². The molecule has 0 saturated carbocycles. The van der Waals surface area contributed by atoms with Crippen LogP contribution in [0, 0.1) is 0 Å². The van der Waals surface area contributed by atoms with Gasteiger partial charge in [-0.2, -0.15) is 0 Å². The highest BCUT2D eigenvalue weighted by atomic mass is 15.1. The zero-order valence-corrected chi connectivity index (χ0v) is 24.8. The second-order valence-electron chi connectivity index (χ2n) is 11.1. The molecule has 0 aliphatic rings. The maximum atomic E-state index is 3.90. The van der Waals surface area contributed by atoms with Crippen molar-refractivity contribution in [1.29, 1.82) is 0 Å². The molecule has 35 heavy (non-hydrogen) atoms. The van der Waals surface area contributed by atoms with E-state index in [2.05, 4.69) is 62.5 Å². The van der Waals surface area contributed by atoms with Gasteiger partial charge in [-0.15, -0.1) is 0 Å². The van der Waals surface area contributed by atoms with Crippen molar-refractivity contribution in [1.82, 2.24) is 10.2 Å². The highest BCUT2D eigenvalue weighted by molar-refractivity contribution is 4.92. The van der Waals surface area contributed by atoms with Crippen molar-refractivity contribution < 1.29 is 0 Å². The summed E-state index contributed by atoms with van der Waals surface area (Å²) in [7, 11) is 4.36. The molecule has 0 aliphatic carbocycles. The molecular formula is C33H66N2. The molecule has 0 aliphatic heterocycles. The number of nitrogens with one attached hydrogen (secondary N) is 1. The third kappa shape index (κ3) is 29.5. The smallest absolute Gasteiger partial charge is 0.00670 e. The summed E-state index contributed by atoms with van der Waals surface area (Å²) in [6.45, 7) is 6.96. The summed E-state index contributed by atoms with van der Waals surface area (Å²) >= 11 is 0. The van der Waals surface area contributed by atoms with Crippen LogP contribution in [0.25, 0.3) is 0 Å². The number of unbranched alkanes of at least 4 members (excludes halogenated alkanes) is 15. The molecule has 0 spiro atoms. The van der Waals surface area contributed by atoms with E-state index in [4.69, 9.17) is 0 Å². The Morgan fingerprint density at radius 2 is 1.00 bits per heavy atom. The molecule has 0 amide bonds. The van der Waals surface area contributed by atoms with E-state index in [9.17, 15) is 0 Å². The first-order valence-electron chi connectivity index (χ1n) is 15.9. The van der Waals surface area contributed by atoms with Gasteiger partial charge in [-0.1, -0.05) is 128 Å². The second-order valence-corrected chi connectivity index (χ2v) is 11.1. The second kappa shape index (κ2) is 29.6. The first-order valence-corrected chi connectivity index (χ1v) is 15.9. The molecule has 0 rings (SSSR count). The Labute approximate surface area is 222 Å². The summed E-state index contributed by atoms with van der Waals surface area (Å²) in [6, 6.07) is 0.749. The van der Waals surface area contributed by atoms with Crippen LogP contribution < -0.4 is 5.32 Å². The minimum atomic E-state index is 0.749. The van der Waals surface area contributed by atoms with Gasteiger partial charge in [0.25, 0.3) is 0 Å². The van der Waals surface area contributed by atoms with Gasteiger partial charge in [0.2, 0.25) is 0 Å². The molecule has 0 bridgehead atoms. The molecule has 1 N–H and O–H groups in total. The van der Waals surface area contributed by atoms with Gasteiger partial charge in [0.05, 0.1) is 0 Å². The third-order valence-electron chi connectivity index (χ3n) is 7.12. The van der Waals surface area contributed by atoms with Crippen LogP contribution in [0.1, 0.15) is 155 Å². The Bertz CT molecular complexity index is 440. The van der Waals surface area contributed by atoms with Crippen molar-refractivity contribution in [2.45, 2.75) is 161 Å². The van der Waals surface area contributed by atoms with Gasteiger partial charge in [-0.25, -0.2) is 0 Å². The Hall–Kier alpha value is -0.600. The van der Waals surface area contributed by atoms with Crippen molar-refractivity contribution in [2.75, 3.05) is 27.2 Å². The van der Waals surface area contributed by atoms with Crippen molar-refractivity contribution in [2.24, 2.45) is 0 Å². The zero-order valence-electron chi connectivity index (χ0n) is 24.8. The molecule has 2 heteroatoms. The first kappa shape index (κ1) is 34.4. The van der Waals surface area contributed by atoms with Crippen LogP contribution in [-0.2, 0) is 0 Å². The van der Waals surface area contributed by atoms with Crippen molar-refractivity contribution in [3.8, 4) is 0 Å². The standard InChI is InChI=1S/C33H66N2/c1-5-7-9-11-13-14-15-16-17-18-19-20-21-23-25-27-30-33(34-31-28-32-35(3)4)29-26-24-22-12-10-8-6-2/h13-14,16-17,33-34H,5-12,15,18-32H2,1-4H3/b14-13-,17-16-. The average molecular weight is 491 g/mol. The fourth-order valence-corrected chi connectivity index (χ4v) is 4.78. The van der Waals surface area contributed by atoms with Gasteiger partial charge in [0.1, 0.15) is 0 Å². The fraction of sp³-hybridized carbons (Fsp3) is 0.879. The van der Waals surface area contributed by atoms with Crippen LogP contribution in [-0.4, -0.2) is 38.1 Å². The number of rotatable bonds is 28. The van der Waals surface area contributed by atoms with E-state index in [-0.39, 0.29) is 0 Å². The van der Waals surface area contributed by atoms with Gasteiger partial charge in [0.15, 0.2) is 0 Å². The zero-order chi connectivity index (χ0) is 25.7. The predicted octanol–water partition coefficient (Wildman–Crippen LogP) is 10.2. The maximum Gasteiger partial charge on any atom is 0.00670 e. The topological polar surface area (TPSA) is 15.3 Å². The van der Waals surface area contributed by atoms with Gasteiger partial charge in [-0.3, -0.25) is 0 Å². The molecular weight excluding hydrogens is 424 g/mol. The van der Waals surface area contributed by atoms with Crippen LogP contribution in [0.2, 0.25) is 0 Å². The molecule has 0 aromatic heterocycles. The summed E-state index contributed by atoms with van der Waals surface area (Å²) in [5.74, 6) is 0. The summed E-state index contributed by atoms with van der Waals surface area (Å²) in [5, 5.41) is 3.90.